The van der Waals surface area contributed by atoms with Crippen LogP contribution in [0.2, 0.25) is 0 Å². The molecule has 4 heteroatoms. The third-order valence-corrected chi connectivity index (χ3v) is 2.68. The summed E-state index contributed by atoms with van der Waals surface area (Å²) >= 11 is 0. The molecule has 0 saturated heterocycles. The Morgan fingerprint density at radius 3 is 2.30 bits per heavy atom. The quantitative estimate of drug-likeness (QED) is 0.846. The molecule has 0 radical (unpaired) electrons. The van der Waals surface area contributed by atoms with Crippen LogP contribution in [0.25, 0.3) is 0 Å². The van der Waals surface area contributed by atoms with Crippen LogP contribution in [0.1, 0.15) is 19.4 Å². The minimum atomic E-state index is -0.493. The van der Waals surface area contributed by atoms with Gasteiger partial charge in [0.15, 0.2) is 17.3 Å². The predicted molar refractivity (Wildman–Crippen MR) is 77.8 cm³/mol. The van der Waals surface area contributed by atoms with E-state index in [4.69, 9.17) is 15.2 Å². The van der Waals surface area contributed by atoms with Crippen LogP contribution < -0.4 is 15.2 Å². The van der Waals surface area contributed by atoms with E-state index < -0.39 is 5.82 Å². The molecule has 0 aliphatic carbocycles. The first kappa shape index (κ1) is 14.2. The van der Waals surface area contributed by atoms with Gasteiger partial charge in [-0.1, -0.05) is 17.7 Å². The minimum Gasteiger partial charge on any atom is -0.488 e. The topological polar surface area (TPSA) is 44.5 Å². The SMILES string of the molecule is Cc1ccc(Oc2cc(OC(C)C)c(F)cc2N)cc1. The third-order valence-electron chi connectivity index (χ3n) is 2.68. The van der Waals surface area contributed by atoms with Crippen molar-refractivity contribution in [2.45, 2.75) is 26.9 Å². The predicted octanol–water partition coefficient (Wildman–Crippen LogP) is 4.30. The fraction of sp³-hybridized carbons (Fsp3) is 0.250. The highest BCUT2D eigenvalue weighted by molar-refractivity contribution is 5.57. The highest BCUT2D eigenvalue weighted by Crippen LogP contribution is 2.33. The molecule has 3 nitrogen and oxygen atoms in total. The number of aryl methyl sites for hydroxylation is 1. The molecule has 2 rings (SSSR count). The lowest BCUT2D eigenvalue weighted by Crippen LogP contribution is -2.07. The molecule has 2 N–H and O–H groups in total. The lowest BCUT2D eigenvalue weighted by molar-refractivity contribution is 0.230. The number of anilines is 1. The van der Waals surface area contributed by atoms with Gasteiger partial charge < -0.3 is 15.2 Å². The lowest BCUT2D eigenvalue weighted by Gasteiger charge is -2.14. The van der Waals surface area contributed by atoms with E-state index >= 15 is 0 Å². The van der Waals surface area contributed by atoms with Gasteiger partial charge in [0.2, 0.25) is 0 Å². The molecule has 0 aliphatic heterocycles. The number of nitrogen functional groups attached to an aromatic ring is 1. The number of hydrogen-bond acceptors (Lipinski definition) is 3. The van der Waals surface area contributed by atoms with E-state index in [0.717, 1.165) is 5.56 Å². The highest BCUT2D eigenvalue weighted by Gasteiger charge is 2.12. The van der Waals surface area contributed by atoms with Crippen molar-refractivity contribution < 1.29 is 13.9 Å². The lowest BCUT2D eigenvalue weighted by atomic mass is 10.2. The van der Waals surface area contributed by atoms with Crippen LogP contribution in [0.4, 0.5) is 10.1 Å². The maximum absolute atomic E-state index is 13.7. The molecule has 0 unspecified atom stereocenters. The summed E-state index contributed by atoms with van der Waals surface area (Å²) in [6, 6.07) is 10.2. The van der Waals surface area contributed by atoms with Gasteiger partial charge in [-0.15, -0.1) is 0 Å². The van der Waals surface area contributed by atoms with Crippen LogP contribution in [-0.2, 0) is 0 Å². The van der Waals surface area contributed by atoms with E-state index in [-0.39, 0.29) is 17.5 Å². The van der Waals surface area contributed by atoms with E-state index in [0.29, 0.717) is 11.5 Å². The van der Waals surface area contributed by atoms with Gasteiger partial charge in [-0.2, -0.15) is 0 Å². The van der Waals surface area contributed by atoms with Crippen molar-refractivity contribution >= 4 is 5.69 Å². The third kappa shape index (κ3) is 3.41. The number of benzene rings is 2. The van der Waals surface area contributed by atoms with Crippen molar-refractivity contribution in [1.82, 2.24) is 0 Å². The average Bonchev–Trinajstić information content (AvgIpc) is 2.37. The summed E-state index contributed by atoms with van der Waals surface area (Å²) in [5.74, 6) is 0.666. The average molecular weight is 275 g/mol. The Hall–Kier alpha value is -2.23. The molecule has 0 heterocycles. The van der Waals surface area contributed by atoms with Crippen molar-refractivity contribution in [1.29, 1.82) is 0 Å². The first-order valence-corrected chi connectivity index (χ1v) is 6.46. The molecule has 2 aromatic rings. The zero-order valence-corrected chi connectivity index (χ0v) is 11.8. The Morgan fingerprint density at radius 2 is 1.70 bits per heavy atom. The zero-order valence-electron chi connectivity index (χ0n) is 11.8. The molecular formula is C16H18FNO2. The normalized spacial score (nSPS) is 10.7. The van der Waals surface area contributed by atoms with Gasteiger partial charge in [0, 0.05) is 12.1 Å². The summed E-state index contributed by atoms with van der Waals surface area (Å²) < 4.78 is 24.8. The second-order valence-electron chi connectivity index (χ2n) is 4.90. The molecule has 0 fully saturated rings. The Kier molecular flexibility index (Phi) is 4.13. The van der Waals surface area contributed by atoms with Crippen molar-refractivity contribution in [2.75, 3.05) is 5.73 Å². The number of ether oxygens (including phenoxy) is 2. The van der Waals surface area contributed by atoms with Crippen LogP contribution in [0.3, 0.4) is 0 Å². The summed E-state index contributed by atoms with van der Waals surface area (Å²) in [6.45, 7) is 5.65. The first-order chi connectivity index (χ1) is 9.45. The number of nitrogens with two attached hydrogens (primary N) is 1. The largest absolute Gasteiger partial charge is 0.488 e. The van der Waals surface area contributed by atoms with Crippen molar-refractivity contribution in [3.05, 3.63) is 47.8 Å². The molecule has 0 atom stereocenters. The molecular weight excluding hydrogens is 257 g/mol. The number of rotatable bonds is 4. The fourth-order valence-corrected chi connectivity index (χ4v) is 1.72. The number of halogens is 1. The van der Waals surface area contributed by atoms with Gasteiger partial charge in [-0.3, -0.25) is 0 Å². The van der Waals surface area contributed by atoms with Crippen LogP contribution >= 0.6 is 0 Å². The molecule has 0 amide bonds. The zero-order chi connectivity index (χ0) is 14.7. The van der Waals surface area contributed by atoms with E-state index in [1.165, 1.54) is 12.1 Å². The van der Waals surface area contributed by atoms with E-state index in [1.807, 2.05) is 45.0 Å². The van der Waals surface area contributed by atoms with Crippen molar-refractivity contribution in [3.8, 4) is 17.2 Å². The van der Waals surface area contributed by atoms with Gasteiger partial charge in [0.1, 0.15) is 5.75 Å². The Balaban J connectivity index is 2.28. The second kappa shape index (κ2) is 5.82. The molecule has 0 bridgehead atoms. The fourth-order valence-electron chi connectivity index (χ4n) is 1.72. The van der Waals surface area contributed by atoms with Gasteiger partial charge in [0.05, 0.1) is 11.8 Å². The van der Waals surface area contributed by atoms with Gasteiger partial charge in [-0.05, 0) is 32.9 Å². The maximum Gasteiger partial charge on any atom is 0.167 e. The van der Waals surface area contributed by atoms with E-state index in [1.54, 1.807) is 0 Å². The maximum atomic E-state index is 13.7. The van der Waals surface area contributed by atoms with Crippen molar-refractivity contribution in [3.63, 3.8) is 0 Å². The van der Waals surface area contributed by atoms with Gasteiger partial charge in [0.25, 0.3) is 0 Å². The molecule has 106 valence electrons. The van der Waals surface area contributed by atoms with Gasteiger partial charge >= 0.3 is 0 Å². The molecule has 0 aromatic heterocycles. The van der Waals surface area contributed by atoms with Crippen LogP contribution in [0, 0.1) is 12.7 Å². The smallest absolute Gasteiger partial charge is 0.167 e. The Labute approximate surface area is 118 Å². The van der Waals surface area contributed by atoms with Crippen LogP contribution in [0.5, 0.6) is 17.2 Å². The van der Waals surface area contributed by atoms with Gasteiger partial charge in [-0.25, -0.2) is 4.39 Å². The molecule has 0 spiro atoms. The van der Waals surface area contributed by atoms with Crippen LogP contribution in [-0.4, -0.2) is 6.10 Å². The Morgan fingerprint density at radius 1 is 1.05 bits per heavy atom. The molecule has 0 saturated carbocycles. The molecule has 20 heavy (non-hydrogen) atoms. The summed E-state index contributed by atoms with van der Waals surface area (Å²) in [5.41, 5.74) is 7.15. The Bertz CT molecular complexity index is 594. The molecule has 2 aromatic carbocycles. The van der Waals surface area contributed by atoms with Crippen molar-refractivity contribution in [2.24, 2.45) is 0 Å². The minimum absolute atomic E-state index is 0.125. The number of hydrogen-bond donors (Lipinski definition) is 1. The first-order valence-electron chi connectivity index (χ1n) is 6.46. The summed E-state index contributed by atoms with van der Waals surface area (Å²) in [5, 5.41) is 0. The summed E-state index contributed by atoms with van der Waals surface area (Å²) in [7, 11) is 0. The van der Waals surface area contributed by atoms with E-state index in [2.05, 4.69) is 0 Å². The van der Waals surface area contributed by atoms with E-state index in [9.17, 15) is 4.39 Å². The highest BCUT2D eigenvalue weighted by atomic mass is 19.1. The monoisotopic (exact) mass is 275 g/mol. The summed E-state index contributed by atoms with van der Waals surface area (Å²) in [6.07, 6.45) is -0.125. The van der Waals surface area contributed by atoms with Crippen LogP contribution in [0.15, 0.2) is 36.4 Å². The standard InChI is InChI=1S/C16H18FNO2/c1-10(2)19-15-9-16(14(18)8-13(15)17)20-12-6-4-11(3)5-7-12/h4-10H,18H2,1-3H3. The summed E-state index contributed by atoms with van der Waals surface area (Å²) in [4.78, 5) is 0. The second-order valence-corrected chi connectivity index (χ2v) is 4.90. The molecule has 0 aliphatic rings.